The molecule has 0 aliphatic carbocycles. The van der Waals surface area contributed by atoms with E-state index in [1.165, 1.54) is 11.3 Å². The highest BCUT2D eigenvalue weighted by molar-refractivity contribution is 6.30. The number of hydrogen-bond donors (Lipinski definition) is 1. The lowest BCUT2D eigenvalue weighted by Gasteiger charge is -2.39. The van der Waals surface area contributed by atoms with Gasteiger partial charge in [-0.3, -0.25) is 0 Å². The Bertz CT molecular complexity index is 771. The van der Waals surface area contributed by atoms with Gasteiger partial charge in [0.25, 0.3) is 0 Å². The van der Waals surface area contributed by atoms with Crippen LogP contribution < -0.4 is 9.80 Å². The van der Waals surface area contributed by atoms with E-state index in [0.29, 0.717) is 12.0 Å². The van der Waals surface area contributed by atoms with E-state index in [-0.39, 0.29) is 5.54 Å². The van der Waals surface area contributed by atoms with Gasteiger partial charge >= 0.3 is 0 Å². The number of aromatic nitrogens is 4. The van der Waals surface area contributed by atoms with E-state index < -0.39 is 0 Å². The second-order valence-electron chi connectivity index (χ2n) is 8.92. The molecular weight excluding hydrogens is 360 g/mol. The number of halogens is 1. The van der Waals surface area contributed by atoms with Crippen LogP contribution in [-0.2, 0) is 5.54 Å². The standard InChI is InChI=1S/C20H31ClN6/c1-14(2)18(19-22-23-24-27(19)20(4,5)6)26-11-9-25(10-12-26)17-13-16(21)8-7-15(17)3/h7-8,13-14,18H,9-12H2,1-6H3/p+1/t18-/m1/s1. The molecule has 148 valence electrons. The fourth-order valence-electron chi connectivity index (χ4n) is 4.09. The van der Waals surface area contributed by atoms with Crippen LogP contribution in [0.15, 0.2) is 18.2 Å². The minimum atomic E-state index is -0.120. The fraction of sp³-hybridized carbons (Fsp3) is 0.650. The third-order valence-electron chi connectivity index (χ3n) is 5.43. The average Bonchev–Trinajstić information content (AvgIpc) is 3.07. The number of anilines is 1. The molecule has 27 heavy (non-hydrogen) atoms. The van der Waals surface area contributed by atoms with E-state index in [1.807, 2.05) is 10.7 Å². The third-order valence-corrected chi connectivity index (χ3v) is 5.67. The Hall–Kier alpha value is -1.66. The number of piperazine rings is 1. The Morgan fingerprint density at radius 3 is 2.41 bits per heavy atom. The lowest BCUT2D eigenvalue weighted by molar-refractivity contribution is -0.937. The van der Waals surface area contributed by atoms with Crippen LogP contribution in [0.2, 0.25) is 5.02 Å². The van der Waals surface area contributed by atoms with Gasteiger partial charge in [-0.15, -0.1) is 5.10 Å². The third kappa shape index (κ3) is 4.27. The topological polar surface area (TPSA) is 51.3 Å². The summed E-state index contributed by atoms with van der Waals surface area (Å²) in [5, 5.41) is 13.5. The number of hydrogen-bond acceptors (Lipinski definition) is 4. The number of benzene rings is 1. The van der Waals surface area contributed by atoms with Crippen molar-refractivity contribution < 1.29 is 4.90 Å². The molecule has 0 amide bonds. The van der Waals surface area contributed by atoms with Crippen LogP contribution in [0.1, 0.15) is 52.0 Å². The molecule has 0 spiro atoms. The zero-order valence-corrected chi connectivity index (χ0v) is 18.1. The number of nitrogens with one attached hydrogen (secondary N) is 1. The predicted molar refractivity (Wildman–Crippen MR) is 109 cm³/mol. The SMILES string of the molecule is Cc1ccc(Cl)cc1N1CC[NH+]([C@@H](c2nnnn2C(C)(C)C)C(C)C)CC1. The monoisotopic (exact) mass is 391 g/mol. The normalized spacial score (nSPS) is 17.6. The molecule has 1 N–H and O–H groups in total. The first-order valence-electron chi connectivity index (χ1n) is 9.83. The molecule has 0 unspecified atom stereocenters. The predicted octanol–water partition coefficient (Wildman–Crippen LogP) is 2.49. The van der Waals surface area contributed by atoms with Crippen molar-refractivity contribution in [3.8, 4) is 0 Å². The summed E-state index contributed by atoms with van der Waals surface area (Å²) in [5.74, 6) is 1.46. The van der Waals surface area contributed by atoms with Gasteiger partial charge < -0.3 is 9.80 Å². The van der Waals surface area contributed by atoms with Crippen LogP contribution in [0.3, 0.4) is 0 Å². The van der Waals surface area contributed by atoms with Crippen molar-refractivity contribution in [1.82, 2.24) is 20.2 Å². The van der Waals surface area contributed by atoms with Gasteiger partial charge in [0.2, 0.25) is 5.82 Å². The highest BCUT2D eigenvalue weighted by atomic mass is 35.5. The van der Waals surface area contributed by atoms with Gasteiger partial charge in [0.15, 0.2) is 6.04 Å². The fourth-order valence-corrected chi connectivity index (χ4v) is 4.25. The zero-order valence-electron chi connectivity index (χ0n) is 17.3. The number of rotatable bonds is 4. The van der Waals surface area contributed by atoms with Crippen molar-refractivity contribution in [3.63, 3.8) is 0 Å². The van der Waals surface area contributed by atoms with E-state index >= 15 is 0 Å². The zero-order chi connectivity index (χ0) is 19.8. The molecule has 2 heterocycles. The van der Waals surface area contributed by atoms with Crippen LogP contribution in [0.5, 0.6) is 0 Å². The minimum absolute atomic E-state index is 0.120. The molecule has 3 rings (SSSR count). The van der Waals surface area contributed by atoms with E-state index in [4.69, 9.17) is 11.6 Å². The largest absolute Gasteiger partial charge is 0.360 e. The van der Waals surface area contributed by atoms with E-state index in [9.17, 15) is 0 Å². The van der Waals surface area contributed by atoms with Crippen LogP contribution in [-0.4, -0.2) is 46.4 Å². The summed E-state index contributed by atoms with van der Waals surface area (Å²) >= 11 is 6.23. The molecule has 1 saturated heterocycles. The molecular formula is C20H32ClN6+. The molecule has 0 saturated carbocycles. The molecule has 1 aliphatic rings. The van der Waals surface area contributed by atoms with Crippen molar-refractivity contribution in [2.75, 3.05) is 31.1 Å². The quantitative estimate of drug-likeness (QED) is 0.869. The average molecular weight is 392 g/mol. The molecule has 0 radical (unpaired) electrons. The van der Waals surface area contributed by atoms with Crippen LogP contribution >= 0.6 is 11.6 Å². The first-order chi connectivity index (χ1) is 12.7. The summed E-state index contributed by atoms with van der Waals surface area (Å²) in [6, 6.07) is 6.44. The Morgan fingerprint density at radius 2 is 1.81 bits per heavy atom. The molecule has 1 aromatic carbocycles. The Morgan fingerprint density at radius 1 is 1.15 bits per heavy atom. The highest BCUT2D eigenvalue weighted by Crippen LogP contribution is 2.25. The molecule has 2 aromatic rings. The van der Waals surface area contributed by atoms with Gasteiger partial charge in [-0.1, -0.05) is 31.5 Å². The summed E-state index contributed by atoms with van der Waals surface area (Å²) in [7, 11) is 0. The molecule has 7 heteroatoms. The van der Waals surface area contributed by atoms with Crippen molar-refractivity contribution in [3.05, 3.63) is 34.6 Å². The molecule has 1 aliphatic heterocycles. The van der Waals surface area contributed by atoms with Gasteiger partial charge in [0.1, 0.15) is 0 Å². The number of aryl methyl sites for hydroxylation is 1. The number of tetrazole rings is 1. The summed E-state index contributed by atoms with van der Waals surface area (Å²) in [5.41, 5.74) is 2.41. The lowest BCUT2D eigenvalue weighted by Crippen LogP contribution is -3.15. The van der Waals surface area contributed by atoms with Crippen molar-refractivity contribution in [2.45, 2.75) is 53.1 Å². The smallest absolute Gasteiger partial charge is 0.210 e. The van der Waals surface area contributed by atoms with E-state index in [0.717, 1.165) is 37.0 Å². The van der Waals surface area contributed by atoms with Crippen LogP contribution in [0.4, 0.5) is 5.69 Å². The highest BCUT2D eigenvalue weighted by Gasteiger charge is 2.37. The Kier molecular flexibility index (Phi) is 5.77. The van der Waals surface area contributed by atoms with E-state index in [1.54, 1.807) is 4.90 Å². The summed E-state index contributed by atoms with van der Waals surface area (Å²) in [4.78, 5) is 4.01. The summed E-state index contributed by atoms with van der Waals surface area (Å²) < 4.78 is 2.00. The van der Waals surface area contributed by atoms with Crippen LogP contribution in [0, 0.1) is 12.8 Å². The van der Waals surface area contributed by atoms with Gasteiger partial charge in [-0.25, -0.2) is 4.68 Å². The second-order valence-corrected chi connectivity index (χ2v) is 9.35. The van der Waals surface area contributed by atoms with Crippen LogP contribution in [0.25, 0.3) is 0 Å². The Balaban J connectivity index is 1.79. The minimum Gasteiger partial charge on any atom is -0.360 e. The first kappa shape index (κ1) is 20.1. The summed E-state index contributed by atoms with van der Waals surface area (Å²) in [6.07, 6.45) is 0. The number of quaternary nitrogens is 1. The van der Waals surface area contributed by atoms with Gasteiger partial charge in [0, 0.05) is 16.6 Å². The summed E-state index contributed by atoms with van der Waals surface area (Å²) in [6.45, 7) is 17.3. The molecule has 1 fully saturated rings. The molecule has 1 atom stereocenters. The van der Waals surface area contributed by atoms with Gasteiger partial charge in [0.05, 0.1) is 31.7 Å². The first-order valence-corrected chi connectivity index (χ1v) is 10.2. The molecule has 6 nitrogen and oxygen atoms in total. The molecule has 1 aromatic heterocycles. The van der Waals surface area contributed by atoms with Gasteiger partial charge in [-0.2, -0.15) is 0 Å². The molecule has 0 bridgehead atoms. The van der Waals surface area contributed by atoms with Crippen molar-refractivity contribution in [1.29, 1.82) is 0 Å². The van der Waals surface area contributed by atoms with Crippen molar-refractivity contribution in [2.24, 2.45) is 5.92 Å². The van der Waals surface area contributed by atoms with Gasteiger partial charge in [-0.05, 0) is 55.8 Å². The Labute approximate surface area is 167 Å². The maximum absolute atomic E-state index is 6.23. The van der Waals surface area contributed by atoms with Crippen molar-refractivity contribution >= 4 is 17.3 Å². The lowest BCUT2D eigenvalue weighted by atomic mass is 9.99. The number of nitrogens with zero attached hydrogens (tertiary/aromatic N) is 5. The maximum atomic E-state index is 6.23. The maximum Gasteiger partial charge on any atom is 0.210 e. The van der Waals surface area contributed by atoms with E-state index in [2.05, 4.69) is 74.1 Å². The second kappa shape index (κ2) is 7.76.